The summed E-state index contributed by atoms with van der Waals surface area (Å²) in [6.07, 6.45) is 0. The first-order valence-electron chi connectivity index (χ1n) is 5.79. The van der Waals surface area contributed by atoms with Crippen molar-refractivity contribution in [3.63, 3.8) is 0 Å². The van der Waals surface area contributed by atoms with Crippen molar-refractivity contribution in [2.45, 2.75) is 20.8 Å². The number of rotatable bonds is 5. The maximum absolute atomic E-state index is 11.1. The molecule has 0 spiro atoms. The molecule has 17 heavy (non-hydrogen) atoms. The van der Waals surface area contributed by atoms with Crippen LogP contribution in [0.15, 0.2) is 18.2 Å². The number of anilines is 2. The van der Waals surface area contributed by atoms with Gasteiger partial charge in [0.1, 0.15) is 0 Å². The molecule has 1 aromatic rings. The number of nitrogens with zero attached hydrogens (tertiary/aromatic N) is 1. The van der Waals surface area contributed by atoms with Crippen LogP contribution in [0, 0.1) is 12.8 Å². The van der Waals surface area contributed by atoms with Crippen molar-refractivity contribution in [2.75, 3.05) is 23.7 Å². The second-order valence-electron chi connectivity index (χ2n) is 4.84. The average Bonchev–Trinajstić information content (AvgIpc) is 2.13. The van der Waals surface area contributed by atoms with Crippen molar-refractivity contribution < 1.29 is 4.79 Å². The van der Waals surface area contributed by atoms with Crippen molar-refractivity contribution >= 4 is 17.3 Å². The third-order valence-corrected chi connectivity index (χ3v) is 2.38. The van der Waals surface area contributed by atoms with Gasteiger partial charge in [0, 0.05) is 17.9 Å². The van der Waals surface area contributed by atoms with Gasteiger partial charge in [-0.1, -0.05) is 13.8 Å². The average molecular weight is 235 g/mol. The molecular weight excluding hydrogens is 214 g/mol. The Morgan fingerprint density at radius 2 is 2.00 bits per heavy atom. The maximum atomic E-state index is 11.1. The van der Waals surface area contributed by atoms with E-state index in [1.54, 1.807) is 0 Å². The van der Waals surface area contributed by atoms with Crippen molar-refractivity contribution in [3.8, 4) is 0 Å². The van der Waals surface area contributed by atoms with Crippen LogP contribution in [0.1, 0.15) is 19.4 Å². The van der Waals surface area contributed by atoms with E-state index in [1.807, 2.05) is 30.0 Å². The van der Waals surface area contributed by atoms with Crippen LogP contribution in [0.3, 0.4) is 0 Å². The zero-order valence-electron chi connectivity index (χ0n) is 10.7. The molecule has 0 saturated carbocycles. The number of nitrogen functional groups attached to an aromatic ring is 1. The fourth-order valence-corrected chi connectivity index (χ4v) is 1.86. The van der Waals surface area contributed by atoms with E-state index in [4.69, 9.17) is 11.5 Å². The normalized spacial score (nSPS) is 10.6. The molecule has 0 radical (unpaired) electrons. The Balaban J connectivity index is 2.98. The van der Waals surface area contributed by atoms with Crippen LogP contribution in [-0.2, 0) is 4.79 Å². The number of primary amides is 1. The smallest absolute Gasteiger partial charge is 0.236 e. The summed E-state index contributed by atoms with van der Waals surface area (Å²) >= 11 is 0. The fourth-order valence-electron chi connectivity index (χ4n) is 1.86. The first kappa shape index (κ1) is 13.4. The van der Waals surface area contributed by atoms with Gasteiger partial charge in [-0.2, -0.15) is 0 Å². The second-order valence-corrected chi connectivity index (χ2v) is 4.84. The van der Waals surface area contributed by atoms with Gasteiger partial charge in [-0.15, -0.1) is 0 Å². The molecule has 4 N–H and O–H groups in total. The monoisotopic (exact) mass is 235 g/mol. The quantitative estimate of drug-likeness (QED) is 0.760. The number of carbonyl (C=O) groups is 1. The Hall–Kier alpha value is -1.71. The molecule has 0 heterocycles. The first-order valence-corrected chi connectivity index (χ1v) is 5.79. The minimum atomic E-state index is -0.328. The lowest BCUT2D eigenvalue weighted by molar-refractivity contribution is -0.116. The summed E-state index contributed by atoms with van der Waals surface area (Å²) < 4.78 is 0. The highest BCUT2D eigenvalue weighted by atomic mass is 16.1. The molecule has 1 aromatic carbocycles. The molecule has 0 aliphatic heterocycles. The molecule has 0 fully saturated rings. The number of hydrogen-bond acceptors (Lipinski definition) is 3. The van der Waals surface area contributed by atoms with Gasteiger partial charge in [0.25, 0.3) is 0 Å². The number of carbonyl (C=O) groups excluding carboxylic acids is 1. The van der Waals surface area contributed by atoms with Gasteiger partial charge in [-0.25, -0.2) is 0 Å². The minimum absolute atomic E-state index is 0.223. The van der Waals surface area contributed by atoms with E-state index in [1.165, 1.54) is 0 Å². The van der Waals surface area contributed by atoms with Crippen LogP contribution in [0.25, 0.3) is 0 Å². The van der Waals surface area contributed by atoms with E-state index < -0.39 is 0 Å². The molecule has 0 saturated heterocycles. The third-order valence-electron chi connectivity index (χ3n) is 2.38. The Morgan fingerprint density at radius 1 is 1.35 bits per heavy atom. The number of amides is 1. The highest BCUT2D eigenvalue weighted by molar-refractivity contribution is 5.80. The van der Waals surface area contributed by atoms with Gasteiger partial charge in [0.05, 0.1) is 6.54 Å². The van der Waals surface area contributed by atoms with E-state index >= 15 is 0 Å². The number of benzene rings is 1. The lowest BCUT2D eigenvalue weighted by Gasteiger charge is -2.26. The first-order chi connectivity index (χ1) is 7.88. The van der Waals surface area contributed by atoms with Crippen LogP contribution >= 0.6 is 0 Å². The lowest BCUT2D eigenvalue weighted by Crippen LogP contribution is -2.36. The molecule has 94 valence electrons. The molecule has 4 nitrogen and oxygen atoms in total. The van der Waals surface area contributed by atoms with Gasteiger partial charge in [-0.3, -0.25) is 4.79 Å². The molecule has 0 aromatic heterocycles. The summed E-state index contributed by atoms with van der Waals surface area (Å²) in [5, 5.41) is 0. The van der Waals surface area contributed by atoms with E-state index in [0.717, 1.165) is 17.8 Å². The Bertz CT molecular complexity index is 381. The lowest BCUT2D eigenvalue weighted by atomic mass is 10.1. The van der Waals surface area contributed by atoms with Gasteiger partial charge < -0.3 is 16.4 Å². The molecular formula is C13H21N3O. The second kappa shape index (κ2) is 5.57. The zero-order chi connectivity index (χ0) is 13.0. The molecule has 1 rings (SSSR count). The SMILES string of the molecule is Cc1cc(N)cc(N(CC(N)=O)CC(C)C)c1. The maximum Gasteiger partial charge on any atom is 0.236 e. The fraction of sp³-hybridized carbons (Fsp3) is 0.462. The van der Waals surface area contributed by atoms with Gasteiger partial charge in [-0.05, 0) is 36.6 Å². The van der Waals surface area contributed by atoms with E-state index in [-0.39, 0.29) is 12.5 Å². The predicted molar refractivity (Wildman–Crippen MR) is 71.8 cm³/mol. The topological polar surface area (TPSA) is 72.3 Å². The Kier molecular flexibility index (Phi) is 4.37. The Morgan fingerprint density at radius 3 is 2.47 bits per heavy atom. The third kappa shape index (κ3) is 4.34. The molecule has 0 aliphatic rings. The van der Waals surface area contributed by atoms with Gasteiger partial charge in [0.15, 0.2) is 0 Å². The predicted octanol–water partition coefficient (Wildman–Crippen LogP) is 1.52. The van der Waals surface area contributed by atoms with Crippen LogP contribution in [0.5, 0.6) is 0 Å². The van der Waals surface area contributed by atoms with Crippen molar-refractivity contribution in [1.82, 2.24) is 0 Å². The standard InChI is InChI=1S/C13H21N3O/c1-9(2)7-16(8-13(15)17)12-5-10(3)4-11(14)6-12/h4-6,9H,7-8,14H2,1-3H3,(H2,15,17). The van der Waals surface area contributed by atoms with Crippen LogP contribution < -0.4 is 16.4 Å². The molecule has 4 heteroatoms. The highest BCUT2D eigenvalue weighted by Gasteiger charge is 2.12. The van der Waals surface area contributed by atoms with Crippen LogP contribution in [0.4, 0.5) is 11.4 Å². The molecule has 0 unspecified atom stereocenters. The minimum Gasteiger partial charge on any atom is -0.399 e. The summed E-state index contributed by atoms with van der Waals surface area (Å²) in [5.74, 6) is 0.127. The van der Waals surface area contributed by atoms with E-state index in [9.17, 15) is 4.79 Å². The number of nitrogens with two attached hydrogens (primary N) is 2. The molecule has 1 amide bonds. The molecule has 0 bridgehead atoms. The summed E-state index contributed by atoms with van der Waals surface area (Å²) in [4.78, 5) is 13.1. The summed E-state index contributed by atoms with van der Waals surface area (Å²) in [6.45, 7) is 7.20. The number of aryl methyl sites for hydroxylation is 1. The summed E-state index contributed by atoms with van der Waals surface area (Å²) in [7, 11) is 0. The zero-order valence-corrected chi connectivity index (χ0v) is 10.7. The van der Waals surface area contributed by atoms with Gasteiger partial charge >= 0.3 is 0 Å². The summed E-state index contributed by atoms with van der Waals surface area (Å²) in [5.41, 5.74) is 13.8. The molecule has 0 aliphatic carbocycles. The van der Waals surface area contributed by atoms with Crippen LogP contribution in [0.2, 0.25) is 0 Å². The van der Waals surface area contributed by atoms with Crippen molar-refractivity contribution in [1.29, 1.82) is 0 Å². The van der Waals surface area contributed by atoms with Crippen LogP contribution in [-0.4, -0.2) is 19.0 Å². The van der Waals surface area contributed by atoms with Crippen molar-refractivity contribution in [3.05, 3.63) is 23.8 Å². The largest absolute Gasteiger partial charge is 0.399 e. The summed E-state index contributed by atoms with van der Waals surface area (Å²) in [6, 6.07) is 5.79. The van der Waals surface area contributed by atoms with E-state index in [0.29, 0.717) is 11.6 Å². The highest BCUT2D eigenvalue weighted by Crippen LogP contribution is 2.21. The van der Waals surface area contributed by atoms with E-state index in [2.05, 4.69) is 13.8 Å². The Labute approximate surface area is 103 Å². The number of hydrogen-bond donors (Lipinski definition) is 2. The van der Waals surface area contributed by atoms with Crippen molar-refractivity contribution in [2.24, 2.45) is 11.7 Å². The van der Waals surface area contributed by atoms with Gasteiger partial charge in [0.2, 0.25) is 5.91 Å². The molecule has 0 atom stereocenters.